The van der Waals surface area contributed by atoms with Gasteiger partial charge in [-0.15, -0.1) is 0 Å². The van der Waals surface area contributed by atoms with Crippen LogP contribution in [0.15, 0.2) is 0 Å². The summed E-state index contributed by atoms with van der Waals surface area (Å²) in [4.78, 5) is 11.6. The van der Waals surface area contributed by atoms with Crippen LogP contribution in [0.2, 0.25) is 0 Å². The lowest BCUT2D eigenvalue weighted by Crippen LogP contribution is -2.47. The van der Waals surface area contributed by atoms with Gasteiger partial charge in [0, 0.05) is 18.4 Å². The molecule has 2 aliphatic rings. The Hall–Kier alpha value is -0.420. The Kier molecular flexibility index (Phi) is 4.14. The Balaban J connectivity index is 1.66. The first-order chi connectivity index (χ1) is 7.34. The first-order valence-corrected chi connectivity index (χ1v) is 6.72. The molecule has 0 aromatic heterocycles. The van der Waals surface area contributed by atoms with E-state index >= 15 is 0 Å². The van der Waals surface area contributed by atoms with E-state index in [9.17, 15) is 4.79 Å². The molecule has 5 heteroatoms. The van der Waals surface area contributed by atoms with Crippen LogP contribution >= 0.6 is 11.8 Å². The van der Waals surface area contributed by atoms with E-state index in [-0.39, 0.29) is 12.1 Å². The second kappa shape index (κ2) is 5.61. The van der Waals surface area contributed by atoms with Gasteiger partial charge < -0.3 is 15.4 Å². The number of nitrogens with one attached hydrogen (secondary N) is 2. The van der Waals surface area contributed by atoms with Crippen molar-refractivity contribution in [3.8, 4) is 0 Å². The van der Waals surface area contributed by atoms with Crippen LogP contribution in [0.1, 0.15) is 19.3 Å². The zero-order valence-corrected chi connectivity index (χ0v) is 9.65. The monoisotopic (exact) mass is 230 g/mol. The molecular weight excluding hydrogens is 212 g/mol. The molecular formula is C10H18N2O2S. The topological polar surface area (TPSA) is 50.4 Å². The minimum Gasteiger partial charge on any atom is -0.379 e. The Bertz CT molecular complexity index is 213. The minimum absolute atomic E-state index is 0.0296. The molecule has 0 bridgehead atoms. The van der Waals surface area contributed by atoms with E-state index in [1.165, 1.54) is 12.2 Å². The predicted octanol–water partition coefficient (Wildman–Crippen LogP) is 0.970. The molecule has 2 rings (SSSR count). The molecule has 2 atom stereocenters. The van der Waals surface area contributed by atoms with Crippen LogP contribution in [0.4, 0.5) is 4.79 Å². The fourth-order valence-electron chi connectivity index (χ4n) is 1.92. The zero-order valence-electron chi connectivity index (χ0n) is 8.83. The second-order valence-corrected chi connectivity index (χ2v) is 5.24. The zero-order chi connectivity index (χ0) is 10.5. The van der Waals surface area contributed by atoms with Crippen molar-refractivity contribution in [2.24, 2.45) is 0 Å². The van der Waals surface area contributed by atoms with Gasteiger partial charge in [0.2, 0.25) is 0 Å². The number of rotatable bonds is 2. The Labute approximate surface area is 94.5 Å². The highest BCUT2D eigenvalue weighted by molar-refractivity contribution is 7.99. The van der Waals surface area contributed by atoms with Crippen molar-refractivity contribution in [3.63, 3.8) is 0 Å². The van der Waals surface area contributed by atoms with E-state index in [0.717, 1.165) is 25.2 Å². The average Bonchev–Trinajstić information content (AvgIpc) is 2.71. The van der Waals surface area contributed by atoms with Gasteiger partial charge in [-0.1, -0.05) is 0 Å². The number of amides is 2. The molecule has 0 saturated carbocycles. The van der Waals surface area contributed by atoms with E-state index in [4.69, 9.17) is 4.74 Å². The summed E-state index contributed by atoms with van der Waals surface area (Å²) < 4.78 is 5.20. The van der Waals surface area contributed by atoms with Crippen LogP contribution in [-0.2, 0) is 4.74 Å². The van der Waals surface area contributed by atoms with Gasteiger partial charge in [-0.2, -0.15) is 11.8 Å². The largest absolute Gasteiger partial charge is 0.379 e. The average molecular weight is 230 g/mol. The van der Waals surface area contributed by atoms with Crippen molar-refractivity contribution < 1.29 is 9.53 Å². The van der Waals surface area contributed by atoms with Gasteiger partial charge in [-0.3, -0.25) is 0 Å². The molecule has 0 radical (unpaired) electrons. The number of ether oxygens (including phenoxy) is 1. The van der Waals surface area contributed by atoms with Gasteiger partial charge in [-0.25, -0.2) is 4.79 Å². The molecule has 86 valence electrons. The van der Waals surface area contributed by atoms with Crippen molar-refractivity contribution in [2.45, 2.75) is 31.3 Å². The van der Waals surface area contributed by atoms with Crippen LogP contribution in [-0.4, -0.2) is 42.8 Å². The van der Waals surface area contributed by atoms with Gasteiger partial charge in [0.15, 0.2) is 0 Å². The summed E-state index contributed by atoms with van der Waals surface area (Å²) in [5.41, 5.74) is 0. The van der Waals surface area contributed by atoms with Crippen molar-refractivity contribution >= 4 is 17.8 Å². The third kappa shape index (κ3) is 3.57. The standard InChI is InChI=1S/C10H18N2O2S/c13-10(11-8-3-4-14-6-8)12-9-2-1-5-15-7-9/h8-9H,1-7H2,(H2,11,12,13). The fraction of sp³-hybridized carbons (Fsp3) is 0.900. The summed E-state index contributed by atoms with van der Waals surface area (Å²) in [5, 5.41) is 5.96. The van der Waals surface area contributed by atoms with Crippen LogP contribution in [0.3, 0.4) is 0 Å². The third-order valence-corrected chi connectivity index (χ3v) is 3.98. The molecule has 0 aliphatic carbocycles. The van der Waals surface area contributed by atoms with E-state index in [0.29, 0.717) is 12.6 Å². The smallest absolute Gasteiger partial charge is 0.315 e. The molecule has 0 aromatic carbocycles. The van der Waals surface area contributed by atoms with Crippen molar-refractivity contribution in [3.05, 3.63) is 0 Å². The van der Waals surface area contributed by atoms with Crippen LogP contribution in [0, 0.1) is 0 Å². The van der Waals surface area contributed by atoms with Crippen LogP contribution in [0.5, 0.6) is 0 Å². The first kappa shape index (κ1) is 11.1. The predicted molar refractivity (Wildman–Crippen MR) is 61.2 cm³/mol. The minimum atomic E-state index is -0.0296. The molecule has 2 heterocycles. The van der Waals surface area contributed by atoms with E-state index in [1.807, 2.05) is 11.8 Å². The molecule has 2 saturated heterocycles. The first-order valence-electron chi connectivity index (χ1n) is 5.57. The third-order valence-electron chi connectivity index (χ3n) is 2.76. The number of carbonyl (C=O) groups is 1. The van der Waals surface area contributed by atoms with Crippen LogP contribution in [0.25, 0.3) is 0 Å². The summed E-state index contributed by atoms with van der Waals surface area (Å²) in [7, 11) is 0. The Morgan fingerprint density at radius 3 is 2.80 bits per heavy atom. The molecule has 2 fully saturated rings. The van der Waals surface area contributed by atoms with Gasteiger partial charge in [-0.05, 0) is 25.0 Å². The molecule has 2 N–H and O–H groups in total. The Morgan fingerprint density at radius 1 is 1.27 bits per heavy atom. The maximum absolute atomic E-state index is 11.6. The summed E-state index contributed by atoms with van der Waals surface area (Å²) >= 11 is 1.92. The molecule has 2 unspecified atom stereocenters. The number of hydrogen-bond acceptors (Lipinski definition) is 3. The highest BCUT2D eigenvalue weighted by Crippen LogP contribution is 2.16. The molecule has 2 aliphatic heterocycles. The molecule has 2 amide bonds. The van der Waals surface area contributed by atoms with E-state index < -0.39 is 0 Å². The number of hydrogen-bond donors (Lipinski definition) is 2. The SMILES string of the molecule is O=C(NC1CCOC1)NC1CCCSC1. The van der Waals surface area contributed by atoms with Gasteiger partial charge in [0.05, 0.1) is 12.6 Å². The second-order valence-electron chi connectivity index (χ2n) is 4.09. The van der Waals surface area contributed by atoms with E-state index in [1.54, 1.807) is 0 Å². The summed E-state index contributed by atoms with van der Waals surface area (Å²) in [5.74, 6) is 2.28. The summed E-state index contributed by atoms with van der Waals surface area (Å²) in [6.07, 6.45) is 3.26. The Morgan fingerprint density at radius 2 is 2.13 bits per heavy atom. The highest BCUT2D eigenvalue weighted by Gasteiger charge is 2.20. The molecule has 0 spiro atoms. The lowest BCUT2D eigenvalue weighted by atomic mass is 10.2. The number of carbonyl (C=O) groups excluding carboxylic acids is 1. The maximum atomic E-state index is 11.6. The summed E-state index contributed by atoms with van der Waals surface area (Å²) in [6.45, 7) is 1.43. The fourth-order valence-corrected chi connectivity index (χ4v) is 2.99. The van der Waals surface area contributed by atoms with Gasteiger partial charge in [0.1, 0.15) is 0 Å². The number of urea groups is 1. The van der Waals surface area contributed by atoms with Crippen molar-refractivity contribution in [2.75, 3.05) is 24.7 Å². The quantitative estimate of drug-likeness (QED) is 0.743. The molecule has 0 aromatic rings. The lowest BCUT2D eigenvalue weighted by Gasteiger charge is -2.23. The molecule has 4 nitrogen and oxygen atoms in total. The number of thioether (sulfide) groups is 1. The maximum Gasteiger partial charge on any atom is 0.315 e. The van der Waals surface area contributed by atoms with Crippen LogP contribution < -0.4 is 10.6 Å². The normalized spacial score (nSPS) is 31.2. The van der Waals surface area contributed by atoms with Gasteiger partial charge >= 0.3 is 6.03 Å². The van der Waals surface area contributed by atoms with Gasteiger partial charge in [0.25, 0.3) is 0 Å². The summed E-state index contributed by atoms with van der Waals surface area (Å²) in [6, 6.07) is 0.533. The van der Waals surface area contributed by atoms with Crippen molar-refractivity contribution in [1.82, 2.24) is 10.6 Å². The lowest BCUT2D eigenvalue weighted by molar-refractivity contribution is 0.188. The highest BCUT2D eigenvalue weighted by atomic mass is 32.2. The van der Waals surface area contributed by atoms with E-state index in [2.05, 4.69) is 10.6 Å². The molecule has 15 heavy (non-hydrogen) atoms. The van der Waals surface area contributed by atoms with Crippen molar-refractivity contribution in [1.29, 1.82) is 0 Å².